The maximum absolute atomic E-state index is 3.54. The van der Waals surface area contributed by atoms with Crippen molar-refractivity contribution in [3.63, 3.8) is 0 Å². The first-order valence-electron chi connectivity index (χ1n) is 6.84. The van der Waals surface area contributed by atoms with E-state index in [9.17, 15) is 0 Å². The Kier molecular flexibility index (Phi) is 5.02. The van der Waals surface area contributed by atoms with Crippen LogP contribution >= 0.6 is 0 Å². The van der Waals surface area contributed by atoms with Crippen LogP contribution in [0.4, 0.5) is 0 Å². The molecule has 0 spiro atoms. The summed E-state index contributed by atoms with van der Waals surface area (Å²) in [6.45, 7) is 7.13. The number of nitrogens with zero attached hydrogens (tertiary/aromatic N) is 1. The molecule has 1 fully saturated rings. The van der Waals surface area contributed by atoms with Crippen LogP contribution < -0.4 is 5.32 Å². The highest BCUT2D eigenvalue weighted by Crippen LogP contribution is 2.06. The fourth-order valence-electron chi connectivity index (χ4n) is 2.43. The third kappa shape index (κ3) is 4.49. The van der Waals surface area contributed by atoms with Crippen molar-refractivity contribution in [1.82, 2.24) is 10.2 Å². The Labute approximate surface area is 105 Å². The molecule has 1 heterocycles. The summed E-state index contributed by atoms with van der Waals surface area (Å²) in [6.07, 6.45) is 3.77. The molecule has 2 heteroatoms. The van der Waals surface area contributed by atoms with Crippen molar-refractivity contribution in [3.8, 4) is 0 Å². The first-order chi connectivity index (χ1) is 8.34. The molecule has 1 aromatic carbocycles. The average molecular weight is 232 g/mol. The van der Waals surface area contributed by atoms with Crippen molar-refractivity contribution in [3.05, 3.63) is 35.9 Å². The zero-order chi connectivity index (χ0) is 11.9. The highest BCUT2D eigenvalue weighted by atomic mass is 15.2. The number of nitrogens with one attached hydrogen (secondary N) is 1. The maximum atomic E-state index is 3.54. The second-order valence-corrected chi connectivity index (χ2v) is 5.07. The van der Waals surface area contributed by atoms with Crippen molar-refractivity contribution >= 4 is 0 Å². The van der Waals surface area contributed by atoms with Gasteiger partial charge in [0.2, 0.25) is 0 Å². The molecule has 0 radical (unpaired) electrons. The van der Waals surface area contributed by atoms with Crippen LogP contribution in [0, 0.1) is 0 Å². The van der Waals surface area contributed by atoms with Gasteiger partial charge in [-0.2, -0.15) is 0 Å². The van der Waals surface area contributed by atoms with Gasteiger partial charge in [-0.25, -0.2) is 0 Å². The SMILES string of the molecule is CC1CCN(CCCc2ccccc2)CCN1. The minimum absolute atomic E-state index is 0.689. The maximum Gasteiger partial charge on any atom is 0.0107 e. The quantitative estimate of drug-likeness (QED) is 0.857. The normalized spacial score (nSPS) is 22.3. The predicted octanol–water partition coefficient (Wildman–Crippen LogP) is 2.30. The lowest BCUT2D eigenvalue weighted by molar-refractivity contribution is 0.287. The Hall–Kier alpha value is -0.860. The molecule has 2 nitrogen and oxygen atoms in total. The topological polar surface area (TPSA) is 15.3 Å². The Morgan fingerprint density at radius 1 is 1.24 bits per heavy atom. The third-order valence-electron chi connectivity index (χ3n) is 3.58. The fourth-order valence-corrected chi connectivity index (χ4v) is 2.43. The van der Waals surface area contributed by atoms with Gasteiger partial charge in [-0.05, 0) is 44.8 Å². The largest absolute Gasteiger partial charge is 0.313 e. The van der Waals surface area contributed by atoms with E-state index in [1.807, 2.05) is 0 Å². The molecule has 0 bridgehead atoms. The van der Waals surface area contributed by atoms with Gasteiger partial charge in [0, 0.05) is 19.1 Å². The summed E-state index contributed by atoms with van der Waals surface area (Å²) < 4.78 is 0. The minimum Gasteiger partial charge on any atom is -0.313 e. The van der Waals surface area contributed by atoms with E-state index in [-0.39, 0.29) is 0 Å². The molecule has 1 saturated heterocycles. The van der Waals surface area contributed by atoms with Gasteiger partial charge >= 0.3 is 0 Å². The second-order valence-electron chi connectivity index (χ2n) is 5.07. The summed E-state index contributed by atoms with van der Waals surface area (Å²) in [4.78, 5) is 2.60. The van der Waals surface area contributed by atoms with E-state index in [1.165, 1.54) is 44.5 Å². The third-order valence-corrected chi connectivity index (χ3v) is 3.58. The van der Waals surface area contributed by atoms with Gasteiger partial charge in [0.05, 0.1) is 0 Å². The van der Waals surface area contributed by atoms with E-state index >= 15 is 0 Å². The molecular formula is C15H24N2. The molecule has 2 rings (SSSR count). The molecule has 1 atom stereocenters. The highest BCUT2D eigenvalue weighted by molar-refractivity contribution is 5.14. The summed E-state index contributed by atoms with van der Waals surface area (Å²) >= 11 is 0. The minimum atomic E-state index is 0.689. The summed E-state index contributed by atoms with van der Waals surface area (Å²) in [7, 11) is 0. The lowest BCUT2D eigenvalue weighted by Crippen LogP contribution is -2.29. The standard InChI is InChI=1S/C15H24N2/c1-14-9-12-17(13-10-16-14)11-5-8-15-6-3-2-4-7-15/h2-4,6-7,14,16H,5,8-13H2,1H3. The van der Waals surface area contributed by atoms with Crippen molar-refractivity contribution in [2.24, 2.45) is 0 Å². The Balaban J connectivity index is 1.68. The van der Waals surface area contributed by atoms with Gasteiger partial charge in [-0.1, -0.05) is 30.3 Å². The Morgan fingerprint density at radius 2 is 2.06 bits per heavy atom. The predicted molar refractivity (Wildman–Crippen MR) is 73.3 cm³/mol. The van der Waals surface area contributed by atoms with Gasteiger partial charge in [0.25, 0.3) is 0 Å². The number of rotatable bonds is 4. The summed E-state index contributed by atoms with van der Waals surface area (Å²) in [5.74, 6) is 0. The second kappa shape index (κ2) is 6.77. The smallest absolute Gasteiger partial charge is 0.0107 e. The highest BCUT2D eigenvalue weighted by Gasteiger charge is 2.11. The van der Waals surface area contributed by atoms with Crippen LogP contribution in [0.5, 0.6) is 0 Å². The van der Waals surface area contributed by atoms with Crippen molar-refractivity contribution in [1.29, 1.82) is 0 Å². The number of benzene rings is 1. The number of aryl methyl sites for hydroxylation is 1. The molecule has 0 amide bonds. The molecule has 1 N–H and O–H groups in total. The molecular weight excluding hydrogens is 208 g/mol. The van der Waals surface area contributed by atoms with Crippen LogP contribution in [0.15, 0.2) is 30.3 Å². The van der Waals surface area contributed by atoms with Crippen LogP contribution in [-0.4, -0.2) is 37.1 Å². The van der Waals surface area contributed by atoms with E-state index in [0.29, 0.717) is 6.04 Å². The molecule has 1 aromatic rings. The average Bonchev–Trinajstić information content (AvgIpc) is 2.56. The van der Waals surface area contributed by atoms with Crippen LogP contribution in [0.25, 0.3) is 0 Å². The zero-order valence-electron chi connectivity index (χ0n) is 10.9. The first kappa shape index (κ1) is 12.6. The van der Waals surface area contributed by atoms with Gasteiger partial charge in [-0.15, -0.1) is 0 Å². The molecule has 0 aromatic heterocycles. The van der Waals surface area contributed by atoms with E-state index < -0.39 is 0 Å². The molecule has 0 aliphatic carbocycles. The first-order valence-corrected chi connectivity index (χ1v) is 6.84. The number of hydrogen-bond donors (Lipinski definition) is 1. The molecule has 1 aliphatic rings. The van der Waals surface area contributed by atoms with Crippen LogP contribution in [0.3, 0.4) is 0 Å². The van der Waals surface area contributed by atoms with E-state index in [1.54, 1.807) is 0 Å². The monoisotopic (exact) mass is 232 g/mol. The summed E-state index contributed by atoms with van der Waals surface area (Å²) in [5.41, 5.74) is 1.47. The zero-order valence-corrected chi connectivity index (χ0v) is 10.9. The Bertz CT molecular complexity index is 310. The van der Waals surface area contributed by atoms with Crippen LogP contribution in [-0.2, 0) is 6.42 Å². The van der Waals surface area contributed by atoms with Gasteiger partial charge in [0.1, 0.15) is 0 Å². The lowest BCUT2D eigenvalue weighted by Gasteiger charge is -2.19. The van der Waals surface area contributed by atoms with E-state index in [0.717, 1.165) is 6.54 Å². The molecule has 17 heavy (non-hydrogen) atoms. The summed E-state index contributed by atoms with van der Waals surface area (Å²) in [6, 6.07) is 11.5. The van der Waals surface area contributed by atoms with Crippen molar-refractivity contribution < 1.29 is 0 Å². The van der Waals surface area contributed by atoms with Crippen LogP contribution in [0.2, 0.25) is 0 Å². The van der Waals surface area contributed by atoms with E-state index in [4.69, 9.17) is 0 Å². The van der Waals surface area contributed by atoms with Gasteiger partial charge in [-0.3, -0.25) is 0 Å². The lowest BCUT2D eigenvalue weighted by atomic mass is 10.1. The van der Waals surface area contributed by atoms with Crippen LogP contribution in [0.1, 0.15) is 25.3 Å². The van der Waals surface area contributed by atoms with Crippen molar-refractivity contribution in [2.45, 2.75) is 32.2 Å². The fraction of sp³-hybridized carbons (Fsp3) is 0.600. The van der Waals surface area contributed by atoms with Crippen molar-refractivity contribution in [2.75, 3.05) is 26.2 Å². The Morgan fingerprint density at radius 3 is 2.88 bits per heavy atom. The molecule has 1 unspecified atom stereocenters. The van der Waals surface area contributed by atoms with E-state index in [2.05, 4.69) is 47.5 Å². The number of hydrogen-bond acceptors (Lipinski definition) is 2. The van der Waals surface area contributed by atoms with Gasteiger partial charge < -0.3 is 10.2 Å². The van der Waals surface area contributed by atoms with Gasteiger partial charge in [0.15, 0.2) is 0 Å². The molecule has 1 aliphatic heterocycles. The molecule has 0 saturated carbocycles. The summed E-state index contributed by atoms with van der Waals surface area (Å²) in [5, 5.41) is 3.54. The molecule has 94 valence electrons.